The van der Waals surface area contributed by atoms with Gasteiger partial charge in [0, 0.05) is 18.1 Å². The molecule has 0 fully saturated rings. The van der Waals surface area contributed by atoms with Crippen LogP contribution in [0.1, 0.15) is 16.8 Å². The monoisotopic (exact) mass is 333 g/mol. The van der Waals surface area contributed by atoms with Crippen LogP contribution in [0.15, 0.2) is 42.7 Å². The van der Waals surface area contributed by atoms with Crippen molar-refractivity contribution >= 4 is 10.9 Å². The maximum absolute atomic E-state index is 12.6. The fourth-order valence-corrected chi connectivity index (χ4v) is 2.35. The summed E-state index contributed by atoms with van der Waals surface area (Å²) in [5.74, 6) is 0.635. The van der Waals surface area contributed by atoms with Crippen LogP contribution in [0.2, 0.25) is 0 Å². The number of aromatic nitrogens is 2. The Morgan fingerprint density at radius 3 is 2.50 bits per heavy atom. The molecule has 24 heavy (non-hydrogen) atoms. The second kappa shape index (κ2) is 6.09. The lowest BCUT2D eigenvalue weighted by Crippen LogP contribution is -2.07. The number of halogens is 3. The van der Waals surface area contributed by atoms with Crippen molar-refractivity contribution in [1.29, 1.82) is 0 Å². The number of hydrogen-bond acceptors (Lipinski definition) is 4. The Labute approximate surface area is 136 Å². The van der Waals surface area contributed by atoms with E-state index in [2.05, 4.69) is 9.97 Å². The van der Waals surface area contributed by atoms with E-state index in [1.165, 1.54) is 6.07 Å². The molecule has 1 aromatic carbocycles. The molecule has 0 saturated heterocycles. The summed E-state index contributed by atoms with van der Waals surface area (Å²) in [6.45, 7) is 2.27. The first-order valence-electron chi connectivity index (χ1n) is 7.18. The number of rotatable bonds is 3. The number of pyridine rings is 2. The van der Waals surface area contributed by atoms with Crippen LogP contribution >= 0.6 is 0 Å². The molecule has 0 aliphatic heterocycles. The predicted molar refractivity (Wildman–Crippen MR) is 83.7 cm³/mol. The van der Waals surface area contributed by atoms with Crippen molar-refractivity contribution in [3.63, 3.8) is 0 Å². The van der Waals surface area contributed by atoms with E-state index >= 15 is 0 Å². The normalized spacial score (nSPS) is 11.7. The van der Waals surface area contributed by atoms with E-state index in [1.54, 1.807) is 12.3 Å². The third kappa shape index (κ3) is 3.16. The van der Waals surface area contributed by atoms with E-state index in [0.717, 1.165) is 28.8 Å². The van der Waals surface area contributed by atoms with Gasteiger partial charge in [-0.3, -0.25) is 4.98 Å². The number of hydrogen-bond donors (Lipinski definition) is 1. The van der Waals surface area contributed by atoms with Gasteiger partial charge in [-0.05, 0) is 42.3 Å². The minimum absolute atomic E-state index is 0.201. The van der Waals surface area contributed by atoms with Crippen LogP contribution in [-0.2, 0) is 12.7 Å². The molecule has 0 bridgehead atoms. The highest BCUT2D eigenvalue weighted by atomic mass is 19.4. The molecular weight excluding hydrogens is 319 g/mol. The minimum Gasteiger partial charge on any atom is -0.453 e. The first-order chi connectivity index (χ1) is 11.4. The predicted octanol–water partition coefficient (Wildman–Crippen LogP) is 4.21. The number of fused-ring (bicyclic) bond motifs is 1. The van der Waals surface area contributed by atoms with Crippen molar-refractivity contribution in [3.8, 4) is 11.5 Å². The molecule has 3 aromatic rings. The van der Waals surface area contributed by atoms with Gasteiger partial charge in [0.2, 0.25) is 0 Å². The van der Waals surface area contributed by atoms with Crippen molar-refractivity contribution in [3.05, 3.63) is 59.5 Å². The molecule has 4 nitrogen and oxygen atoms in total. The number of aryl methyl sites for hydroxylation is 1. The van der Waals surface area contributed by atoms with Crippen LogP contribution < -0.4 is 10.5 Å². The van der Waals surface area contributed by atoms with E-state index in [9.17, 15) is 13.2 Å². The third-order valence-electron chi connectivity index (χ3n) is 3.51. The average Bonchev–Trinajstić information content (AvgIpc) is 2.54. The summed E-state index contributed by atoms with van der Waals surface area (Å²) >= 11 is 0. The van der Waals surface area contributed by atoms with Crippen LogP contribution in [0.3, 0.4) is 0 Å². The smallest absolute Gasteiger partial charge is 0.433 e. The van der Waals surface area contributed by atoms with Gasteiger partial charge in [-0.1, -0.05) is 6.07 Å². The zero-order chi connectivity index (χ0) is 17.3. The molecule has 2 heterocycles. The van der Waals surface area contributed by atoms with E-state index in [-0.39, 0.29) is 5.75 Å². The fourth-order valence-electron chi connectivity index (χ4n) is 2.35. The van der Waals surface area contributed by atoms with E-state index in [4.69, 9.17) is 10.5 Å². The van der Waals surface area contributed by atoms with Crippen LogP contribution in [-0.4, -0.2) is 9.97 Å². The summed E-state index contributed by atoms with van der Waals surface area (Å²) in [6, 6.07) is 7.57. The lowest BCUT2D eigenvalue weighted by Gasteiger charge is -2.12. The highest BCUT2D eigenvalue weighted by Gasteiger charge is 2.32. The first kappa shape index (κ1) is 16.2. The molecule has 0 atom stereocenters. The molecule has 0 aliphatic rings. The maximum atomic E-state index is 12.6. The third-order valence-corrected chi connectivity index (χ3v) is 3.51. The molecule has 7 heteroatoms. The molecule has 2 N–H and O–H groups in total. The SMILES string of the molecule is Cc1cnc2c(Oc3ccc(C(F)(F)F)nc3)ccc(CN)c2c1. The Hall–Kier alpha value is -2.67. The summed E-state index contributed by atoms with van der Waals surface area (Å²) in [5.41, 5.74) is 7.27. The largest absolute Gasteiger partial charge is 0.453 e. The average molecular weight is 333 g/mol. The zero-order valence-corrected chi connectivity index (χ0v) is 12.8. The van der Waals surface area contributed by atoms with Crippen molar-refractivity contribution in [2.45, 2.75) is 19.6 Å². The lowest BCUT2D eigenvalue weighted by molar-refractivity contribution is -0.141. The topological polar surface area (TPSA) is 61.0 Å². The molecular formula is C17H14F3N3O. The lowest BCUT2D eigenvalue weighted by atomic mass is 10.1. The van der Waals surface area contributed by atoms with Gasteiger partial charge in [-0.2, -0.15) is 13.2 Å². The summed E-state index contributed by atoms with van der Waals surface area (Å²) in [5, 5.41) is 0.856. The summed E-state index contributed by atoms with van der Waals surface area (Å²) in [6.07, 6.45) is -1.74. The molecule has 0 radical (unpaired) electrons. The van der Waals surface area contributed by atoms with E-state index in [0.29, 0.717) is 17.8 Å². The van der Waals surface area contributed by atoms with E-state index in [1.807, 2.05) is 19.1 Å². The molecule has 124 valence electrons. The maximum Gasteiger partial charge on any atom is 0.433 e. The molecule has 0 aliphatic carbocycles. The second-order valence-corrected chi connectivity index (χ2v) is 5.31. The molecule has 0 saturated carbocycles. The zero-order valence-electron chi connectivity index (χ0n) is 12.8. The number of alkyl halides is 3. The first-order valence-corrected chi connectivity index (χ1v) is 7.18. The standard InChI is InChI=1S/C17H14F3N3O/c1-10-6-13-11(7-21)2-4-14(16(13)23-8-10)24-12-3-5-15(22-9-12)17(18,19)20/h2-6,8-9H,7,21H2,1H3. The Kier molecular flexibility index (Phi) is 4.11. The van der Waals surface area contributed by atoms with Crippen molar-refractivity contribution < 1.29 is 17.9 Å². The second-order valence-electron chi connectivity index (χ2n) is 5.31. The van der Waals surface area contributed by atoms with Gasteiger partial charge in [0.15, 0.2) is 5.75 Å². The van der Waals surface area contributed by atoms with Crippen molar-refractivity contribution in [1.82, 2.24) is 9.97 Å². The van der Waals surface area contributed by atoms with Gasteiger partial charge in [0.1, 0.15) is 17.0 Å². The number of ether oxygens (including phenoxy) is 1. The number of benzene rings is 1. The van der Waals surface area contributed by atoms with Gasteiger partial charge in [0.05, 0.1) is 6.20 Å². The summed E-state index contributed by atoms with van der Waals surface area (Å²) in [4.78, 5) is 7.74. The van der Waals surface area contributed by atoms with Crippen molar-refractivity contribution in [2.75, 3.05) is 0 Å². The number of nitrogens with zero attached hydrogens (tertiary/aromatic N) is 2. The minimum atomic E-state index is -4.48. The molecule has 3 rings (SSSR count). The molecule has 0 unspecified atom stereocenters. The van der Waals surface area contributed by atoms with Gasteiger partial charge >= 0.3 is 6.18 Å². The quantitative estimate of drug-likeness (QED) is 0.780. The highest BCUT2D eigenvalue weighted by molar-refractivity contribution is 5.88. The Morgan fingerprint density at radius 1 is 1.08 bits per heavy atom. The van der Waals surface area contributed by atoms with E-state index < -0.39 is 11.9 Å². The van der Waals surface area contributed by atoms with Crippen LogP contribution in [0, 0.1) is 6.92 Å². The molecule has 0 spiro atoms. The Morgan fingerprint density at radius 2 is 1.88 bits per heavy atom. The molecule has 2 aromatic heterocycles. The van der Waals surface area contributed by atoms with Crippen LogP contribution in [0.4, 0.5) is 13.2 Å². The Balaban J connectivity index is 1.99. The fraction of sp³-hybridized carbons (Fsp3) is 0.176. The Bertz CT molecular complexity index is 877. The van der Waals surface area contributed by atoms with Gasteiger partial charge in [0.25, 0.3) is 0 Å². The number of nitrogens with two attached hydrogens (primary N) is 1. The molecule has 0 amide bonds. The van der Waals surface area contributed by atoms with Gasteiger partial charge in [-0.25, -0.2) is 4.98 Å². The highest BCUT2D eigenvalue weighted by Crippen LogP contribution is 2.32. The summed E-state index contributed by atoms with van der Waals surface area (Å²) in [7, 11) is 0. The van der Waals surface area contributed by atoms with Crippen LogP contribution in [0.25, 0.3) is 10.9 Å². The van der Waals surface area contributed by atoms with Crippen LogP contribution in [0.5, 0.6) is 11.5 Å². The van der Waals surface area contributed by atoms with Gasteiger partial charge < -0.3 is 10.5 Å². The summed E-state index contributed by atoms with van der Waals surface area (Å²) < 4.78 is 43.3. The van der Waals surface area contributed by atoms with Gasteiger partial charge in [-0.15, -0.1) is 0 Å². The van der Waals surface area contributed by atoms with Crippen molar-refractivity contribution in [2.24, 2.45) is 5.73 Å².